The molecule has 0 atom stereocenters. The Labute approximate surface area is 141 Å². The van der Waals surface area contributed by atoms with Crippen LogP contribution in [0.25, 0.3) is 0 Å². The van der Waals surface area contributed by atoms with Crippen molar-refractivity contribution in [2.45, 2.75) is 33.1 Å². The van der Waals surface area contributed by atoms with E-state index in [0.717, 1.165) is 38.9 Å². The van der Waals surface area contributed by atoms with Crippen LogP contribution in [0, 0.1) is 10.1 Å². The minimum Gasteiger partial charge on any atom is -0.379 e. The normalized spacial score (nSPS) is 11.0. The van der Waals surface area contributed by atoms with Gasteiger partial charge in [0.2, 0.25) is 0 Å². The fourth-order valence-corrected chi connectivity index (χ4v) is 2.55. The van der Waals surface area contributed by atoms with E-state index in [-0.39, 0.29) is 10.7 Å². The number of nitro groups is 1. The van der Waals surface area contributed by atoms with Gasteiger partial charge in [-0.15, -0.1) is 0 Å². The number of anilines is 1. The molecule has 1 rings (SSSR count). The zero-order chi connectivity index (χ0) is 16.5. The zero-order valence-electron chi connectivity index (χ0n) is 13.1. The lowest BCUT2D eigenvalue weighted by Gasteiger charge is -2.17. The molecule has 0 aliphatic rings. The number of nitro benzene ring substituents is 1. The first-order valence-corrected chi connectivity index (χ1v) is 8.34. The fraction of sp³-hybridized carbons (Fsp3) is 0.600. The van der Waals surface area contributed by atoms with Crippen molar-refractivity contribution in [1.82, 2.24) is 4.90 Å². The SMILES string of the molecule is CCN(CC)CCCCCNc1cc(Cl)c(Cl)cc1[N+](=O)[O-]. The lowest BCUT2D eigenvalue weighted by molar-refractivity contribution is -0.383. The Hall–Kier alpha value is -1.04. The summed E-state index contributed by atoms with van der Waals surface area (Å²) in [6.07, 6.45) is 3.17. The molecule has 0 saturated carbocycles. The first-order valence-electron chi connectivity index (χ1n) is 7.59. The molecule has 0 spiro atoms. The third-order valence-electron chi connectivity index (χ3n) is 3.60. The van der Waals surface area contributed by atoms with Crippen molar-refractivity contribution >= 4 is 34.6 Å². The molecule has 0 amide bonds. The predicted octanol–water partition coefficient (Wildman–Crippen LogP) is 4.83. The molecule has 0 aliphatic carbocycles. The Morgan fingerprint density at radius 1 is 1.14 bits per heavy atom. The molecule has 0 saturated heterocycles. The van der Waals surface area contributed by atoms with E-state index in [9.17, 15) is 10.1 Å². The van der Waals surface area contributed by atoms with Gasteiger partial charge in [-0.25, -0.2) is 0 Å². The van der Waals surface area contributed by atoms with E-state index in [0.29, 0.717) is 17.3 Å². The Kier molecular flexibility index (Phi) is 8.53. The Bertz CT molecular complexity index is 494. The summed E-state index contributed by atoms with van der Waals surface area (Å²) in [5, 5.41) is 14.6. The molecular formula is C15H23Cl2N3O2. The number of nitrogens with one attached hydrogen (secondary N) is 1. The summed E-state index contributed by atoms with van der Waals surface area (Å²) in [6, 6.07) is 2.80. The fourth-order valence-electron chi connectivity index (χ4n) is 2.23. The van der Waals surface area contributed by atoms with Crippen LogP contribution in [0.2, 0.25) is 10.0 Å². The highest BCUT2D eigenvalue weighted by Crippen LogP contribution is 2.33. The third-order valence-corrected chi connectivity index (χ3v) is 4.32. The summed E-state index contributed by atoms with van der Waals surface area (Å²) in [5.41, 5.74) is 0.376. The highest BCUT2D eigenvalue weighted by molar-refractivity contribution is 6.42. The molecule has 0 aliphatic heterocycles. The molecule has 7 heteroatoms. The lowest BCUT2D eigenvalue weighted by Crippen LogP contribution is -2.23. The molecule has 0 heterocycles. The molecule has 0 aromatic heterocycles. The third kappa shape index (κ3) is 5.99. The second kappa shape index (κ2) is 9.87. The number of nitrogens with zero attached hydrogens (tertiary/aromatic N) is 2. The average molecular weight is 348 g/mol. The smallest absolute Gasteiger partial charge is 0.293 e. The molecule has 0 unspecified atom stereocenters. The van der Waals surface area contributed by atoms with Gasteiger partial charge in [-0.2, -0.15) is 0 Å². The summed E-state index contributed by atoms with van der Waals surface area (Å²) in [5.74, 6) is 0. The van der Waals surface area contributed by atoms with Gasteiger partial charge < -0.3 is 10.2 Å². The molecular weight excluding hydrogens is 325 g/mol. The maximum atomic E-state index is 11.0. The van der Waals surface area contributed by atoms with Crippen LogP contribution < -0.4 is 5.32 Å². The highest BCUT2D eigenvalue weighted by atomic mass is 35.5. The molecule has 124 valence electrons. The van der Waals surface area contributed by atoms with E-state index in [1.165, 1.54) is 12.1 Å². The Balaban J connectivity index is 2.42. The van der Waals surface area contributed by atoms with Gasteiger partial charge in [0.1, 0.15) is 5.69 Å². The molecule has 1 aromatic rings. The van der Waals surface area contributed by atoms with Crippen LogP contribution in [0.1, 0.15) is 33.1 Å². The molecule has 1 N–H and O–H groups in total. The zero-order valence-corrected chi connectivity index (χ0v) is 14.6. The minimum absolute atomic E-state index is 0.0439. The summed E-state index contributed by atoms with van der Waals surface area (Å²) >= 11 is 11.7. The van der Waals surface area contributed by atoms with Crippen molar-refractivity contribution in [1.29, 1.82) is 0 Å². The maximum absolute atomic E-state index is 11.0. The van der Waals surface area contributed by atoms with Gasteiger partial charge in [0, 0.05) is 12.6 Å². The average Bonchev–Trinajstić information content (AvgIpc) is 2.49. The Morgan fingerprint density at radius 3 is 2.36 bits per heavy atom. The number of rotatable bonds is 10. The molecule has 5 nitrogen and oxygen atoms in total. The topological polar surface area (TPSA) is 58.4 Å². The van der Waals surface area contributed by atoms with Crippen LogP contribution >= 0.6 is 23.2 Å². The quantitative estimate of drug-likeness (QED) is 0.374. The van der Waals surface area contributed by atoms with E-state index in [4.69, 9.17) is 23.2 Å². The number of hydrogen-bond donors (Lipinski definition) is 1. The van der Waals surface area contributed by atoms with Gasteiger partial charge in [-0.1, -0.05) is 43.5 Å². The van der Waals surface area contributed by atoms with Crippen LogP contribution in [-0.2, 0) is 0 Å². The van der Waals surface area contributed by atoms with Gasteiger partial charge in [0.05, 0.1) is 15.0 Å². The standard InChI is InChI=1S/C15H23Cl2N3O2/c1-3-19(4-2)9-7-5-6-8-18-14-10-12(16)13(17)11-15(14)20(21)22/h10-11,18H,3-9H2,1-2H3. The minimum atomic E-state index is -0.453. The number of unbranched alkanes of at least 4 members (excludes halogenated alkanes) is 2. The van der Waals surface area contributed by atoms with Crippen molar-refractivity contribution in [3.05, 3.63) is 32.3 Å². The van der Waals surface area contributed by atoms with E-state index in [1.54, 1.807) is 0 Å². The summed E-state index contributed by atoms with van der Waals surface area (Å²) in [4.78, 5) is 13.0. The van der Waals surface area contributed by atoms with Crippen LogP contribution in [0.5, 0.6) is 0 Å². The molecule has 0 fully saturated rings. The van der Waals surface area contributed by atoms with Crippen LogP contribution in [-0.4, -0.2) is 36.0 Å². The van der Waals surface area contributed by atoms with Crippen molar-refractivity contribution < 1.29 is 4.92 Å². The first kappa shape index (κ1) is 19.0. The highest BCUT2D eigenvalue weighted by Gasteiger charge is 2.16. The monoisotopic (exact) mass is 347 g/mol. The van der Waals surface area contributed by atoms with Crippen LogP contribution in [0.3, 0.4) is 0 Å². The van der Waals surface area contributed by atoms with Gasteiger partial charge in [0.25, 0.3) is 5.69 Å². The maximum Gasteiger partial charge on any atom is 0.293 e. The molecule has 1 aromatic carbocycles. The summed E-state index contributed by atoms with van der Waals surface area (Å²) in [7, 11) is 0. The number of halogens is 2. The molecule has 0 bridgehead atoms. The second-order valence-corrected chi connectivity index (χ2v) is 5.87. The van der Waals surface area contributed by atoms with Gasteiger partial charge in [-0.05, 0) is 38.5 Å². The van der Waals surface area contributed by atoms with E-state index < -0.39 is 4.92 Å². The first-order chi connectivity index (χ1) is 10.5. The number of benzene rings is 1. The Morgan fingerprint density at radius 2 is 1.77 bits per heavy atom. The van der Waals surface area contributed by atoms with Crippen LogP contribution in [0.4, 0.5) is 11.4 Å². The van der Waals surface area contributed by atoms with Crippen molar-refractivity contribution in [2.75, 3.05) is 31.5 Å². The summed E-state index contributed by atoms with van der Waals surface area (Å²) < 4.78 is 0. The largest absolute Gasteiger partial charge is 0.379 e. The van der Waals surface area contributed by atoms with Crippen LogP contribution in [0.15, 0.2) is 12.1 Å². The van der Waals surface area contributed by atoms with E-state index in [2.05, 4.69) is 24.1 Å². The molecule has 0 radical (unpaired) electrons. The van der Waals surface area contributed by atoms with E-state index in [1.807, 2.05) is 0 Å². The predicted molar refractivity (Wildman–Crippen MR) is 93.2 cm³/mol. The van der Waals surface area contributed by atoms with Gasteiger partial charge >= 0.3 is 0 Å². The van der Waals surface area contributed by atoms with Gasteiger partial charge in [-0.3, -0.25) is 10.1 Å². The summed E-state index contributed by atoms with van der Waals surface area (Å²) in [6.45, 7) is 8.24. The second-order valence-electron chi connectivity index (χ2n) is 5.05. The van der Waals surface area contributed by atoms with Crippen molar-refractivity contribution in [2.24, 2.45) is 0 Å². The van der Waals surface area contributed by atoms with Gasteiger partial charge in [0.15, 0.2) is 0 Å². The number of hydrogen-bond acceptors (Lipinski definition) is 4. The van der Waals surface area contributed by atoms with E-state index >= 15 is 0 Å². The van der Waals surface area contributed by atoms with Crippen molar-refractivity contribution in [3.8, 4) is 0 Å². The van der Waals surface area contributed by atoms with Crippen molar-refractivity contribution in [3.63, 3.8) is 0 Å². The lowest BCUT2D eigenvalue weighted by atomic mass is 10.2. The molecule has 22 heavy (non-hydrogen) atoms.